The lowest BCUT2D eigenvalue weighted by atomic mass is 10.1. The van der Waals surface area contributed by atoms with Crippen LogP contribution in [0.2, 0.25) is 0 Å². The number of nitrogens with one attached hydrogen (secondary N) is 3. The van der Waals surface area contributed by atoms with Gasteiger partial charge in [-0.05, 0) is 78.7 Å². The van der Waals surface area contributed by atoms with Crippen LogP contribution in [0.15, 0.2) is 41.8 Å². The van der Waals surface area contributed by atoms with Crippen LogP contribution >= 0.6 is 0 Å². The van der Waals surface area contributed by atoms with Crippen molar-refractivity contribution in [3.8, 4) is 0 Å². The van der Waals surface area contributed by atoms with Gasteiger partial charge in [0.1, 0.15) is 35.9 Å². The minimum absolute atomic E-state index is 0.0856. The van der Waals surface area contributed by atoms with E-state index in [0.29, 0.717) is 24.8 Å². The Balaban J connectivity index is 1.75. The van der Waals surface area contributed by atoms with Crippen LogP contribution < -0.4 is 16.0 Å². The molecule has 4 atom stereocenters. The molecule has 0 aromatic heterocycles. The van der Waals surface area contributed by atoms with E-state index in [1.54, 1.807) is 65.8 Å². The molecule has 4 amide bonds. The Morgan fingerprint density at radius 3 is 2.02 bits per heavy atom. The highest BCUT2D eigenvalue weighted by molar-refractivity contribution is 7.93. The van der Waals surface area contributed by atoms with Gasteiger partial charge in [0, 0.05) is 18.2 Å². The first-order chi connectivity index (χ1) is 24.1. The number of amides is 4. The van der Waals surface area contributed by atoms with E-state index >= 15 is 0 Å². The van der Waals surface area contributed by atoms with Crippen LogP contribution in [-0.2, 0) is 54.6 Å². The largest absolute Gasteiger partial charge is 0.460 e. The van der Waals surface area contributed by atoms with E-state index in [9.17, 15) is 37.2 Å². The maximum atomic E-state index is 14.0. The third-order valence-electron chi connectivity index (χ3n) is 7.80. The maximum absolute atomic E-state index is 14.0. The highest BCUT2D eigenvalue weighted by Gasteiger charge is 2.45. The van der Waals surface area contributed by atoms with Gasteiger partial charge in [0.25, 0.3) is 0 Å². The number of likely N-dealkylation sites (tertiary alicyclic amines) is 1. The maximum Gasteiger partial charge on any atom is 0.408 e. The second kappa shape index (κ2) is 17.8. The van der Waals surface area contributed by atoms with Crippen molar-refractivity contribution in [1.29, 1.82) is 0 Å². The number of carbonyl (C=O) groups excluding carboxylic acids is 6. The Labute approximate surface area is 305 Å². The molecule has 15 nitrogen and oxygen atoms in total. The normalized spacial score (nSPS) is 18.1. The zero-order chi connectivity index (χ0) is 38.9. The standard InChI is InChI=1S/C36H52N4O11S/c1-35(2,3)50-28(41)20-25(17-19-52(7,47)48)37-32(44)27-14-11-18-40(27)33(45)30(24-15-16-24)39-31(43)26(21-29(42)51-36(4,5)6)38-34(46)49-22-23-12-9-8-10-13-23/h8-10,12-13,17,19,24-27,30H,11,14-16,18,20-22H2,1-7H3,(H,37,44)(H,38,46)(H,39,43)/t25-,26+,27-,30-/m1/s1. The third-order valence-corrected chi connectivity index (χ3v) is 8.45. The Morgan fingerprint density at radius 2 is 1.46 bits per heavy atom. The van der Waals surface area contributed by atoms with Gasteiger partial charge in [0.2, 0.25) is 17.7 Å². The summed E-state index contributed by atoms with van der Waals surface area (Å²) in [6.07, 6.45) is 2.33. The number of carbonyl (C=O) groups is 6. The molecule has 1 saturated carbocycles. The molecule has 1 aliphatic carbocycles. The van der Waals surface area contributed by atoms with Gasteiger partial charge in [-0.25, -0.2) is 13.2 Å². The van der Waals surface area contributed by atoms with Gasteiger partial charge < -0.3 is 35.1 Å². The van der Waals surface area contributed by atoms with Gasteiger partial charge >= 0.3 is 18.0 Å². The predicted molar refractivity (Wildman–Crippen MR) is 190 cm³/mol. The number of hydrogen-bond acceptors (Lipinski definition) is 11. The van der Waals surface area contributed by atoms with Gasteiger partial charge in [-0.15, -0.1) is 0 Å². The molecule has 3 N–H and O–H groups in total. The molecule has 2 aliphatic rings. The molecule has 1 aliphatic heterocycles. The SMILES string of the molecule is CC(C)(C)OC(=O)C[C@@H](C=CS(C)(=O)=O)NC(=O)[C@H]1CCCN1C(=O)[C@H](NC(=O)[C@H](CC(=O)OC(C)(C)C)NC(=O)OCc1ccccc1)C1CC1. The first kappa shape index (κ1) is 41.9. The van der Waals surface area contributed by atoms with E-state index in [-0.39, 0.29) is 31.9 Å². The van der Waals surface area contributed by atoms with Gasteiger partial charge in [0.15, 0.2) is 9.84 Å². The van der Waals surface area contributed by atoms with Crippen LogP contribution in [0, 0.1) is 5.92 Å². The third kappa shape index (κ3) is 15.0. The van der Waals surface area contributed by atoms with Crippen molar-refractivity contribution in [2.24, 2.45) is 5.92 Å². The Hall–Kier alpha value is -4.47. The van der Waals surface area contributed by atoms with Crippen molar-refractivity contribution in [3.63, 3.8) is 0 Å². The molecule has 0 unspecified atom stereocenters. The fourth-order valence-electron chi connectivity index (χ4n) is 5.46. The van der Waals surface area contributed by atoms with E-state index in [0.717, 1.165) is 11.7 Å². The first-order valence-electron chi connectivity index (χ1n) is 17.3. The average molecular weight is 749 g/mol. The summed E-state index contributed by atoms with van der Waals surface area (Å²) in [4.78, 5) is 80.8. The topological polar surface area (TPSA) is 204 Å². The second-order valence-corrected chi connectivity index (χ2v) is 17.1. The van der Waals surface area contributed by atoms with Crippen molar-refractivity contribution >= 4 is 45.6 Å². The summed E-state index contributed by atoms with van der Waals surface area (Å²) >= 11 is 0. The zero-order valence-corrected chi connectivity index (χ0v) is 31.7. The van der Waals surface area contributed by atoms with Gasteiger partial charge in [-0.1, -0.05) is 36.4 Å². The summed E-state index contributed by atoms with van der Waals surface area (Å²) in [6.45, 7) is 10.1. The molecule has 16 heteroatoms. The van der Waals surface area contributed by atoms with Crippen molar-refractivity contribution in [2.45, 2.75) is 122 Å². The number of ether oxygens (including phenoxy) is 3. The molecule has 1 saturated heterocycles. The van der Waals surface area contributed by atoms with E-state index in [4.69, 9.17) is 14.2 Å². The second-order valence-electron chi connectivity index (χ2n) is 15.1. The van der Waals surface area contributed by atoms with Crippen LogP contribution in [0.4, 0.5) is 4.79 Å². The minimum Gasteiger partial charge on any atom is -0.460 e. The molecule has 3 rings (SSSR count). The number of rotatable bonds is 15. The van der Waals surface area contributed by atoms with Gasteiger partial charge in [-0.2, -0.15) is 0 Å². The summed E-state index contributed by atoms with van der Waals surface area (Å²) in [7, 11) is -3.59. The Bertz CT molecular complexity index is 1600. The van der Waals surface area contributed by atoms with E-state index in [1.165, 1.54) is 11.0 Å². The quantitative estimate of drug-likeness (QED) is 0.176. The summed E-state index contributed by atoms with van der Waals surface area (Å²) in [5, 5.41) is 8.70. The summed E-state index contributed by atoms with van der Waals surface area (Å²) in [5.74, 6) is -3.60. The first-order valence-corrected chi connectivity index (χ1v) is 19.3. The minimum atomic E-state index is -3.59. The predicted octanol–water partition coefficient (Wildman–Crippen LogP) is 2.67. The Morgan fingerprint density at radius 1 is 0.865 bits per heavy atom. The molecule has 288 valence electrons. The molecule has 1 aromatic rings. The molecule has 52 heavy (non-hydrogen) atoms. The van der Waals surface area contributed by atoms with Crippen LogP contribution in [0.3, 0.4) is 0 Å². The molecule has 1 heterocycles. The summed E-state index contributed by atoms with van der Waals surface area (Å²) in [5.41, 5.74) is -0.972. The highest BCUT2D eigenvalue weighted by Crippen LogP contribution is 2.35. The lowest BCUT2D eigenvalue weighted by Crippen LogP contribution is -2.58. The van der Waals surface area contributed by atoms with Crippen molar-refractivity contribution in [2.75, 3.05) is 12.8 Å². The number of alkyl carbamates (subject to hydrolysis) is 1. The van der Waals surface area contributed by atoms with Crippen molar-refractivity contribution in [1.82, 2.24) is 20.9 Å². The van der Waals surface area contributed by atoms with Crippen molar-refractivity contribution < 1.29 is 51.4 Å². The fourth-order valence-corrected chi connectivity index (χ4v) is 5.93. The molecule has 0 spiro atoms. The monoisotopic (exact) mass is 748 g/mol. The van der Waals surface area contributed by atoms with Crippen LogP contribution in [-0.4, -0.2) is 97.2 Å². The zero-order valence-electron chi connectivity index (χ0n) is 30.9. The Kier molecular flexibility index (Phi) is 14.4. The number of esters is 2. The van der Waals surface area contributed by atoms with Crippen LogP contribution in [0.25, 0.3) is 0 Å². The van der Waals surface area contributed by atoms with E-state index in [2.05, 4.69) is 16.0 Å². The molecular formula is C36H52N4O11S. The van der Waals surface area contributed by atoms with Crippen LogP contribution in [0.1, 0.15) is 85.6 Å². The highest BCUT2D eigenvalue weighted by atomic mass is 32.2. The fraction of sp³-hybridized carbons (Fsp3) is 0.611. The number of nitrogens with zero attached hydrogens (tertiary/aromatic N) is 1. The summed E-state index contributed by atoms with van der Waals surface area (Å²) < 4.78 is 39.7. The molecule has 0 bridgehead atoms. The number of hydrogen-bond donors (Lipinski definition) is 3. The van der Waals surface area contributed by atoms with E-state index in [1.807, 2.05) is 6.07 Å². The molecule has 2 fully saturated rings. The smallest absolute Gasteiger partial charge is 0.408 e. The lowest BCUT2D eigenvalue weighted by Gasteiger charge is -2.30. The summed E-state index contributed by atoms with van der Waals surface area (Å²) in [6, 6.07) is 4.34. The molecule has 0 radical (unpaired) electrons. The van der Waals surface area contributed by atoms with Gasteiger partial charge in [-0.3, -0.25) is 24.0 Å². The average Bonchev–Trinajstić information content (AvgIpc) is 3.73. The van der Waals surface area contributed by atoms with E-state index < -0.39 is 87.4 Å². The molecule has 1 aromatic carbocycles. The van der Waals surface area contributed by atoms with Crippen molar-refractivity contribution in [3.05, 3.63) is 47.4 Å². The lowest BCUT2D eigenvalue weighted by molar-refractivity contribution is -0.157. The molecular weight excluding hydrogens is 696 g/mol. The number of sulfone groups is 1. The number of benzene rings is 1. The van der Waals surface area contributed by atoms with Gasteiger partial charge in [0.05, 0.1) is 18.9 Å². The van der Waals surface area contributed by atoms with Crippen LogP contribution in [0.5, 0.6) is 0 Å².